The largest absolute Gasteiger partial charge is 0.488 e. The number of nitrogens with zero attached hydrogens (tertiary/aromatic N) is 1. The molecule has 2 heterocycles. The fourth-order valence-electron chi connectivity index (χ4n) is 2.58. The van der Waals surface area contributed by atoms with E-state index in [4.69, 9.17) is 10.5 Å². The smallest absolute Gasteiger partial charge is 0.123 e. The first-order valence-electron chi connectivity index (χ1n) is 6.45. The average molecular weight is 242 g/mol. The van der Waals surface area contributed by atoms with Crippen molar-refractivity contribution < 1.29 is 4.74 Å². The molecular weight excluding hydrogens is 224 g/mol. The maximum Gasteiger partial charge on any atom is 0.123 e. The zero-order chi connectivity index (χ0) is 12.4. The van der Waals surface area contributed by atoms with E-state index in [-0.39, 0.29) is 6.10 Å². The summed E-state index contributed by atoms with van der Waals surface area (Å²) in [6.07, 6.45) is 4.27. The van der Waals surface area contributed by atoms with Gasteiger partial charge < -0.3 is 15.0 Å². The van der Waals surface area contributed by atoms with Gasteiger partial charge in [-0.15, -0.1) is 0 Å². The van der Waals surface area contributed by atoms with E-state index in [1.807, 2.05) is 12.1 Å². The van der Waals surface area contributed by atoms with E-state index in [2.05, 4.69) is 35.0 Å². The molecule has 0 saturated carbocycles. The Labute approximate surface area is 107 Å². The van der Waals surface area contributed by atoms with Crippen LogP contribution in [0.1, 0.15) is 11.3 Å². The minimum absolute atomic E-state index is 0.242. The SMILES string of the molecule is NCCc1cccn1CC1Cc2ccccc2O1. The maximum absolute atomic E-state index is 5.96. The average Bonchev–Trinajstić information content (AvgIpc) is 2.97. The monoisotopic (exact) mass is 242 g/mol. The van der Waals surface area contributed by atoms with Crippen LogP contribution in [-0.4, -0.2) is 17.2 Å². The molecule has 1 unspecified atom stereocenters. The quantitative estimate of drug-likeness (QED) is 0.890. The molecule has 1 aromatic carbocycles. The Balaban J connectivity index is 1.70. The summed E-state index contributed by atoms with van der Waals surface area (Å²) >= 11 is 0. The van der Waals surface area contributed by atoms with Crippen LogP contribution in [0.2, 0.25) is 0 Å². The summed E-state index contributed by atoms with van der Waals surface area (Å²) in [5.74, 6) is 1.04. The number of rotatable bonds is 4. The molecule has 94 valence electrons. The highest BCUT2D eigenvalue weighted by molar-refractivity contribution is 5.37. The first kappa shape index (κ1) is 11.4. The number of hydrogen-bond acceptors (Lipinski definition) is 2. The minimum atomic E-state index is 0.242. The third-order valence-corrected chi connectivity index (χ3v) is 3.44. The molecule has 3 heteroatoms. The molecular formula is C15H18N2O. The zero-order valence-corrected chi connectivity index (χ0v) is 10.4. The lowest BCUT2D eigenvalue weighted by atomic mass is 10.1. The molecule has 1 aliphatic heterocycles. The topological polar surface area (TPSA) is 40.2 Å². The molecule has 0 aliphatic carbocycles. The van der Waals surface area contributed by atoms with E-state index in [1.165, 1.54) is 11.3 Å². The number of hydrogen-bond donors (Lipinski definition) is 1. The number of benzene rings is 1. The molecule has 1 atom stereocenters. The third-order valence-electron chi connectivity index (χ3n) is 3.44. The molecule has 1 aromatic heterocycles. The molecule has 18 heavy (non-hydrogen) atoms. The molecule has 0 spiro atoms. The van der Waals surface area contributed by atoms with Gasteiger partial charge >= 0.3 is 0 Å². The summed E-state index contributed by atoms with van der Waals surface area (Å²) in [5, 5.41) is 0. The predicted octanol–water partition coefficient (Wildman–Crippen LogP) is 1.99. The molecule has 3 rings (SSSR count). The van der Waals surface area contributed by atoms with Crippen LogP contribution in [0, 0.1) is 0 Å². The lowest BCUT2D eigenvalue weighted by molar-refractivity contribution is 0.208. The molecule has 2 N–H and O–H groups in total. The Bertz CT molecular complexity index is 508. The van der Waals surface area contributed by atoms with Crippen molar-refractivity contribution in [1.82, 2.24) is 4.57 Å². The van der Waals surface area contributed by atoms with Crippen LogP contribution in [0.15, 0.2) is 42.6 Å². The fourth-order valence-corrected chi connectivity index (χ4v) is 2.58. The van der Waals surface area contributed by atoms with Crippen molar-refractivity contribution in [2.45, 2.75) is 25.5 Å². The van der Waals surface area contributed by atoms with Crippen molar-refractivity contribution in [3.05, 3.63) is 53.9 Å². The van der Waals surface area contributed by atoms with Crippen LogP contribution in [-0.2, 0) is 19.4 Å². The lowest BCUT2D eigenvalue weighted by Gasteiger charge is -2.14. The molecule has 0 radical (unpaired) electrons. The van der Waals surface area contributed by atoms with E-state index in [9.17, 15) is 0 Å². The molecule has 0 saturated heterocycles. The van der Waals surface area contributed by atoms with Gasteiger partial charge in [0, 0.05) is 18.3 Å². The first-order chi connectivity index (χ1) is 8.86. The second-order valence-corrected chi connectivity index (χ2v) is 4.74. The Hall–Kier alpha value is -1.74. The maximum atomic E-state index is 5.96. The van der Waals surface area contributed by atoms with Crippen molar-refractivity contribution in [1.29, 1.82) is 0 Å². The van der Waals surface area contributed by atoms with E-state index in [1.54, 1.807) is 0 Å². The molecule has 0 fully saturated rings. The van der Waals surface area contributed by atoms with Crippen LogP contribution < -0.4 is 10.5 Å². The highest BCUT2D eigenvalue weighted by Gasteiger charge is 2.22. The van der Waals surface area contributed by atoms with Crippen molar-refractivity contribution in [2.24, 2.45) is 5.73 Å². The lowest BCUT2D eigenvalue weighted by Crippen LogP contribution is -2.22. The second-order valence-electron chi connectivity index (χ2n) is 4.74. The highest BCUT2D eigenvalue weighted by atomic mass is 16.5. The minimum Gasteiger partial charge on any atom is -0.488 e. The number of aromatic nitrogens is 1. The summed E-state index contributed by atoms with van der Waals surface area (Å²) < 4.78 is 8.21. The normalized spacial score (nSPS) is 17.5. The van der Waals surface area contributed by atoms with E-state index >= 15 is 0 Å². The molecule has 3 nitrogen and oxygen atoms in total. The van der Waals surface area contributed by atoms with Crippen molar-refractivity contribution in [2.75, 3.05) is 6.54 Å². The Morgan fingerprint density at radius 1 is 1.22 bits per heavy atom. The summed E-state index contributed by atoms with van der Waals surface area (Å²) in [4.78, 5) is 0. The fraction of sp³-hybridized carbons (Fsp3) is 0.333. The van der Waals surface area contributed by atoms with Crippen LogP contribution in [0.3, 0.4) is 0 Å². The van der Waals surface area contributed by atoms with E-state index in [0.717, 1.165) is 25.1 Å². The summed E-state index contributed by atoms with van der Waals surface area (Å²) in [6.45, 7) is 1.59. The van der Waals surface area contributed by atoms with Crippen molar-refractivity contribution in [3.8, 4) is 5.75 Å². The van der Waals surface area contributed by atoms with Gasteiger partial charge in [0.15, 0.2) is 0 Å². The highest BCUT2D eigenvalue weighted by Crippen LogP contribution is 2.28. The Morgan fingerprint density at radius 3 is 2.94 bits per heavy atom. The van der Waals surface area contributed by atoms with Crippen LogP contribution >= 0.6 is 0 Å². The Kier molecular flexibility index (Phi) is 3.07. The van der Waals surface area contributed by atoms with Gasteiger partial charge in [-0.25, -0.2) is 0 Å². The number of ether oxygens (including phenoxy) is 1. The van der Waals surface area contributed by atoms with E-state index in [0.29, 0.717) is 6.54 Å². The van der Waals surface area contributed by atoms with E-state index < -0.39 is 0 Å². The number of fused-ring (bicyclic) bond motifs is 1. The number of para-hydroxylation sites is 1. The molecule has 2 aromatic rings. The van der Waals surface area contributed by atoms with Gasteiger partial charge in [0.25, 0.3) is 0 Å². The van der Waals surface area contributed by atoms with Gasteiger partial charge in [0.1, 0.15) is 11.9 Å². The van der Waals surface area contributed by atoms with Gasteiger partial charge in [-0.2, -0.15) is 0 Å². The number of nitrogens with two attached hydrogens (primary N) is 1. The second kappa shape index (κ2) is 4.86. The van der Waals surface area contributed by atoms with Crippen molar-refractivity contribution >= 4 is 0 Å². The first-order valence-corrected chi connectivity index (χ1v) is 6.45. The zero-order valence-electron chi connectivity index (χ0n) is 10.4. The summed E-state index contributed by atoms with van der Waals surface area (Å²) in [6, 6.07) is 12.5. The molecule has 1 aliphatic rings. The Morgan fingerprint density at radius 2 is 2.11 bits per heavy atom. The third kappa shape index (κ3) is 2.14. The standard InChI is InChI=1S/C15H18N2O/c16-8-7-13-5-3-9-17(13)11-14-10-12-4-1-2-6-15(12)18-14/h1-6,9,14H,7-8,10-11,16H2. The van der Waals surface area contributed by atoms with Crippen LogP contribution in [0.5, 0.6) is 5.75 Å². The van der Waals surface area contributed by atoms with Gasteiger partial charge in [-0.05, 0) is 36.7 Å². The molecule has 0 amide bonds. The molecule has 0 bridgehead atoms. The van der Waals surface area contributed by atoms with Gasteiger partial charge in [0.05, 0.1) is 6.54 Å². The van der Waals surface area contributed by atoms with Crippen molar-refractivity contribution in [3.63, 3.8) is 0 Å². The van der Waals surface area contributed by atoms with Gasteiger partial charge in [-0.1, -0.05) is 18.2 Å². The summed E-state index contributed by atoms with van der Waals surface area (Å²) in [7, 11) is 0. The van der Waals surface area contributed by atoms with Gasteiger partial charge in [-0.3, -0.25) is 0 Å². The van der Waals surface area contributed by atoms with Crippen LogP contribution in [0.25, 0.3) is 0 Å². The van der Waals surface area contributed by atoms with Crippen LogP contribution in [0.4, 0.5) is 0 Å². The van der Waals surface area contributed by atoms with Gasteiger partial charge in [0.2, 0.25) is 0 Å². The summed E-state index contributed by atoms with van der Waals surface area (Å²) in [5.41, 5.74) is 8.22. The predicted molar refractivity (Wildman–Crippen MR) is 71.8 cm³/mol.